The van der Waals surface area contributed by atoms with Crippen LogP contribution in [0.1, 0.15) is 124 Å². The Kier molecular flexibility index (Phi) is 8.11. The highest BCUT2D eigenvalue weighted by Gasteiger charge is 2.46. The Labute approximate surface area is 152 Å². The third-order valence-corrected chi connectivity index (χ3v) is 7.87. The summed E-state index contributed by atoms with van der Waals surface area (Å²) in [6, 6.07) is 0. The van der Waals surface area contributed by atoms with Crippen LogP contribution in [0.3, 0.4) is 0 Å². The van der Waals surface area contributed by atoms with Gasteiger partial charge in [-0.15, -0.1) is 0 Å². The average molecular weight is 337 g/mol. The van der Waals surface area contributed by atoms with Crippen molar-refractivity contribution < 1.29 is 5.11 Å². The molecule has 0 radical (unpaired) electrons. The van der Waals surface area contributed by atoms with Crippen molar-refractivity contribution in [3.63, 3.8) is 0 Å². The molecule has 0 bridgehead atoms. The summed E-state index contributed by atoms with van der Waals surface area (Å²) in [6.07, 6.45) is 22.3. The molecule has 3 rings (SSSR count). The molecule has 3 aliphatic rings. The van der Waals surface area contributed by atoms with Crippen LogP contribution >= 0.6 is 0 Å². The highest BCUT2D eigenvalue weighted by atomic mass is 16.3. The standard InChI is InChI=1S/C17H32.C6H12O/c1-16(2)13-9-6-10-14-17(16,3)15-11-7-4-5-8-12-15;7-6-4-2-1-3-5-6/h15H,4-14H2,1-3H3;6-7H,1-5H2. The Morgan fingerprint density at radius 3 is 1.58 bits per heavy atom. The van der Waals surface area contributed by atoms with E-state index < -0.39 is 0 Å². The molecule has 1 atom stereocenters. The van der Waals surface area contributed by atoms with Crippen molar-refractivity contribution in [3.8, 4) is 0 Å². The van der Waals surface area contributed by atoms with Gasteiger partial charge in [-0.3, -0.25) is 0 Å². The van der Waals surface area contributed by atoms with Crippen molar-refractivity contribution in [2.45, 2.75) is 130 Å². The van der Waals surface area contributed by atoms with E-state index in [0.29, 0.717) is 10.8 Å². The second-order valence-corrected chi connectivity index (χ2v) is 9.84. The second kappa shape index (κ2) is 9.60. The lowest BCUT2D eigenvalue weighted by Crippen LogP contribution is -2.40. The van der Waals surface area contributed by atoms with E-state index in [1.54, 1.807) is 0 Å². The van der Waals surface area contributed by atoms with Gasteiger partial charge in [0.15, 0.2) is 0 Å². The van der Waals surface area contributed by atoms with Crippen LogP contribution in [0, 0.1) is 16.7 Å². The highest BCUT2D eigenvalue weighted by Crippen LogP contribution is 2.56. The van der Waals surface area contributed by atoms with Crippen molar-refractivity contribution in [2.75, 3.05) is 0 Å². The van der Waals surface area contributed by atoms with Gasteiger partial charge in [-0.2, -0.15) is 0 Å². The second-order valence-electron chi connectivity index (χ2n) is 9.84. The molecular weight excluding hydrogens is 292 g/mol. The largest absolute Gasteiger partial charge is 0.393 e. The normalized spacial score (nSPS) is 33.0. The number of hydrogen-bond acceptors (Lipinski definition) is 1. The van der Waals surface area contributed by atoms with Crippen LogP contribution in [-0.4, -0.2) is 11.2 Å². The van der Waals surface area contributed by atoms with Crippen LogP contribution in [0.15, 0.2) is 0 Å². The molecule has 1 heteroatoms. The molecule has 0 amide bonds. The van der Waals surface area contributed by atoms with E-state index in [-0.39, 0.29) is 6.10 Å². The molecule has 0 heterocycles. The minimum Gasteiger partial charge on any atom is -0.393 e. The van der Waals surface area contributed by atoms with E-state index in [0.717, 1.165) is 18.8 Å². The molecule has 3 saturated carbocycles. The minimum absolute atomic E-state index is 0.0359. The Hall–Kier alpha value is -0.0400. The first-order valence-corrected chi connectivity index (χ1v) is 11.1. The predicted molar refractivity (Wildman–Crippen MR) is 105 cm³/mol. The summed E-state index contributed by atoms with van der Waals surface area (Å²) >= 11 is 0. The van der Waals surface area contributed by atoms with E-state index in [1.807, 2.05) is 0 Å². The lowest BCUT2D eigenvalue weighted by atomic mass is 9.56. The lowest BCUT2D eigenvalue weighted by Gasteiger charge is -2.49. The van der Waals surface area contributed by atoms with Gasteiger partial charge in [0.25, 0.3) is 0 Å². The van der Waals surface area contributed by atoms with Gasteiger partial charge in [-0.25, -0.2) is 0 Å². The van der Waals surface area contributed by atoms with E-state index in [1.165, 1.54) is 89.9 Å². The lowest BCUT2D eigenvalue weighted by molar-refractivity contribution is 0.00409. The molecule has 1 nitrogen and oxygen atoms in total. The first kappa shape index (κ1) is 20.3. The van der Waals surface area contributed by atoms with E-state index in [9.17, 15) is 0 Å². The zero-order valence-corrected chi connectivity index (χ0v) is 16.9. The molecule has 3 aliphatic carbocycles. The minimum atomic E-state index is 0.0359. The number of hydrogen-bond donors (Lipinski definition) is 1. The van der Waals surface area contributed by atoms with Gasteiger partial charge in [-0.05, 0) is 55.3 Å². The maximum Gasteiger partial charge on any atom is 0.0540 e. The first-order chi connectivity index (χ1) is 11.5. The molecule has 0 spiro atoms. The molecule has 1 N–H and O–H groups in total. The monoisotopic (exact) mass is 336 g/mol. The summed E-state index contributed by atoms with van der Waals surface area (Å²) in [6.45, 7) is 7.75. The van der Waals surface area contributed by atoms with Crippen molar-refractivity contribution in [1.29, 1.82) is 0 Å². The third-order valence-electron chi connectivity index (χ3n) is 7.87. The van der Waals surface area contributed by atoms with Crippen LogP contribution in [-0.2, 0) is 0 Å². The van der Waals surface area contributed by atoms with Gasteiger partial charge in [0.1, 0.15) is 0 Å². The Morgan fingerprint density at radius 1 is 0.583 bits per heavy atom. The molecule has 0 aromatic carbocycles. The summed E-state index contributed by atoms with van der Waals surface area (Å²) in [7, 11) is 0. The van der Waals surface area contributed by atoms with Crippen molar-refractivity contribution in [2.24, 2.45) is 16.7 Å². The van der Waals surface area contributed by atoms with Crippen LogP contribution in [0.5, 0.6) is 0 Å². The Balaban J connectivity index is 0.000000249. The maximum absolute atomic E-state index is 8.91. The van der Waals surface area contributed by atoms with E-state index >= 15 is 0 Å². The fourth-order valence-electron chi connectivity index (χ4n) is 5.61. The van der Waals surface area contributed by atoms with Crippen LogP contribution in [0.2, 0.25) is 0 Å². The zero-order valence-electron chi connectivity index (χ0n) is 16.9. The number of rotatable bonds is 1. The maximum atomic E-state index is 8.91. The average Bonchev–Trinajstić information content (AvgIpc) is 2.90. The summed E-state index contributed by atoms with van der Waals surface area (Å²) in [4.78, 5) is 0. The molecular formula is C23H44O. The van der Waals surface area contributed by atoms with E-state index in [4.69, 9.17) is 5.11 Å². The molecule has 3 fully saturated rings. The first-order valence-electron chi connectivity index (χ1n) is 11.1. The molecule has 24 heavy (non-hydrogen) atoms. The fourth-order valence-corrected chi connectivity index (χ4v) is 5.61. The van der Waals surface area contributed by atoms with Crippen molar-refractivity contribution in [3.05, 3.63) is 0 Å². The van der Waals surface area contributed by atoms with Crippen LogP contribution in [0.4, 0.5) is 0 Å². The summed E-state index contributed by atoms with van der Waals surface area (Å²) in [5, 5.41) is 8.91. The van der Waals surface area contributed by atoms with Gasteiger partial charge >= 0.3 is 0 Å². The summed E-state index contributed by atoms with van der Waals surface area (Å²) in [5.41, 5.74) is 1.19. The quantitative estimate of drug-likeness (QED) is 0.499. The summed E-state index contributed by atoms with van der Waals surface area (Å²) < 4.78 is 0. The van der Waals surface area contributed by atoms with Gasteiger partial charge in [-0.1, -0.05) is 85.0 Å². The smallest absolute Gasteiger partial charge is 0.0540 e. The Bertz CT molecular complexity index is 334. The Morgan fingerprint density at radius 2 is 1.04 bits per heavy atom. The molecule has 0 saturated heterocycles. The molecule has 1 unspecified atom stereocenters. The van der Waals surface area contributed by atoms with Gasteiger partial charge in [0.2, 0.25) is 0 Å². The predicted octanol–water partition coefficient (Wildman–Crippen LogP) is 7.26. The number of aliphatic hydroxyl groups excluding tert-OH is 1. The van der Waals surface area contributed by atoms with Crippen molar-refractivity contribution in [1.82, 2.24) is 0 Å². The van der Waals surface area contributed by atoms with Crippen LogP contribution < -0.4 is 0 Å². The molecule has 142 valence electrons. The molecule has 0 aromatic rings. The molecule has 0 aromatic heterocycles. The zero-order chi connectivity index (χ0) is 17.5. The van der Waals surface area contributed by atoms with Crippen LogP contribution in [0.25, 0.3) is 0 Å². The topological polar surface area (TPSA) is 20.2 Å². The van der Waals surface area contributed by atoms with Gasteiger partial charge < -0.3 is 5.11 Å². The fraction of sp³-hybridized carbons (Fsp3) is 1.00. The van der Waals surface area contributed by atoms with Gasteiger partial charge in [0, 0.05) is 0 Å². The molecule has 0 aliphatic heterocycles. The summed E-state index contributed by atoms with van der Waals surface area (Å²) in [5.74, 6) is 1.01. The van der Waals surface area contributed by atoms with E-state index in [2.05, 4.69) is 20.8 Å². The van der Waals surface area contributed by atoms with Crippen molar-refractivity contribution >= 4 is 0 Å². The SMILES string of the molecule is CC1(C)CCCCCC1(C)C1CCCCCC1.OC1CCCCC1. The highest BCUT2D eigenvalue weighted by molar-refractivity contribution is 4.96. The third kappa shape index (κ3) is 5.48. The number of aliphatic hydroxyl groups is 1. The van der Waals surface area contributed by atoms with Gasteiger partial charge in [0.05, 0.1) is 6.10 Å².